The second kappa shape index (κ2) is 6.27. The van der Waals surface area contributed by atoms with E-state index in [1.807, 2.05) is 0 Å². The molecule has 2 bridgehead atoms. The summed E-state index contributed by atoms with van der Waals surface area (Å²) in [5.41, 5.74) is 2.60. The zero-order valence-electron chi connectivity index (χ0n) is 14.1. The van der Waals surface area contributed by atoms with Crippen LogP contribution < -0.4 is 4.74 Å². The molecule has 3 aliphatic rings. The molecule has 1 aromatic rings. The van der Waals surface area contributed by atoms with Crippen molar-refractivity contribution in [2.75, 3.05) is 13.7 Å². The van der Waals surface area contributed by atoms with Gasteiger partial charge in [0.05, 0.1) is 6.61 Å². The van der Waals surface area contributed by atoms with Gasteiger partial charge in [-0.25, -0.2) is 0 Å². The second-order valence-electron chi connectivity index (χ2n) is 7.58. The summed E-state index contributed by atoms with van der Waals surface area (Å²) >= 11 is 0. The van der Waals surface area contributed by atoms with Gasteiger partial charge in [-0.3, -0.25) is 4.79 Å². The number of ether oxygens (including phenoxy) is 1. The first-order chi connectivity index (χ1) is 11.2. The third-order valence-corrected chi connectivity index (χ3v) is 6.21. The number of piperidine rings is 2. The van der Waals surface area contributed by atoms with Crippen molar-refractivity contribution in [2.45, 2.75) is 63.5 Å². The van der Waals surface area contributed by atoms with Gasteiger partial charge in [-0.1, -0.05) is 18.6 Å². The molecule has 2 atom stereocenters. The van der Waals surface area contributed by atoms with E-state index in [-0.39, 0.29) is 0 Å². The molecule has 0 amide bonds. The number of fused-ring (bicyclic) bond motifs is 3. The molecule has 2 fully saturated rings. The molecular weight excluding hydrogens is 286 g/mol. The fourth-order valence-electron chi connectivity index (χ4n) is 4.75. The fourth-order valence-corrected chi connectivity index (χ4v) is 4.75. The predicted octanol–water partition coefficient (Wildman–Crippen LogP) is 3.39. The van der Waals surface area contributed by atoms with Crippen LogP contribution in [-0.4, -0.2) is 36.4 Å². The molecule has 3 nitrogen and oxygen atoms in total. The van der Waals surface area contributed by atoms with Crippen molar-refractivity contribution in [3.8, 4) is 5.75 Å². The Morgan fingerprint density at radius 3 is 2.83 bits per heavy atom. The van der Waals surface area contributed by atoms with Crippen molar-refractivity contribution in [3.05, 3.63) is 29.3 Å². The summed E-state index contributed by atoms with van der Waals surface area (Å²) in [6.45, 7) is 0.802. The van der Waals surface area contributed by atoms with Crippen LogP contribution in [0.15, 0.2) is 18.2 Å². The number of hydrogen-bond donors (Lipinski definition) is 0. The smallest absolute Gasteiger partial charge is 0.136 e. The van der Waals surface area contributed by atoms with Gasteiger partial charge in [-0.05, 0) is 56.3 Å². The van der Waals surface area contributed by atoms with Crippen LogP contribution in [0.4, 0.5) is 0 Å². The second-order valence-corrected chi connectivity index (χ2v) is 7.58. The molecule has 0 aliphatic carbocycles. The first-order valence-electron chi connectivity index (χ1n) is 9.20. The molecular formula is C20H27NO2. The van der Waals surface area contributed by atoms with Gasteiger partial charge in [-0.2, -0.15) is 0 Å². The van der Waals surface area contributed by atoms with Crippen LogP contribution in [0.2, 0.25) is 0 Å². The lowest BCUT2D eigenvalue weighted by atomic mass is 9.76. The van der Waals surface area contributed by atoms with Gasteiger partial charge in [0.2, 0.25) is 0 Å². The fraction of sp³-hybridized carbons (Fsp3) is 0.650. The summed E-state index contributed by atoms with van der Waals surface area (Å²) in [6, 6.07) is 7.73. The number of carbonyl (C=O) groups excluding carboxylic acids is 1. The quantitative estimate of drug-likeness (QED) is 0.853. The molecule has 3 aliphatic heterocycles. The number of rotatable bonds is 4. The summed E-state index contributed by atoms with van der Waals surface area (Å²) < 4.78 is 5.56. The van der Waals surface area contributed by atoms with E-state index < -0.39 is 0 Å². The van der Waals surface area contributed by atoms with Gasteiger partial charge in [0.1, 0.15) is 11.5 Å². The van der Waals surface area contributed by atoms with Crippen LogP contribution in [0.25, 0.3) is 0 Å². The van der Waals surface area contributed by atoms with Crippen LogP contribution in [0, 0.1) is 5.92 Å². The number of nitrogens with zero attached hydrogens (tertiary/aromatic N) is 1. The van der Waals surface area contributed by atoms with Crippen LogP contribution >= 0.6 is 0 Å². The molecule has 2 unspecified atom stereocenters. The van der Waals surface area contributed by atoms with Crippen molar-refractivity contribution < 1.29 is 9.53 Å². The minimum Gasteiger partial charge on any atom is -0.493 e. The number of Topliss-reactive ketones (excluding diaryl/α,β-unsaturated/α-hetero) is 1. The normalized spacial score (nSPS) is 29.9. The summed E-state index contributed by atoms with van der Waals surface area (Å²) in [5.74, 6) is 1.83. The maximum Gasteiger partial charge on any atom is 0.136 e. The lowest BCUT2D eigenvalue weighted by Gasteiger charge is -2.46. The van der Waals surface area contributed by atoms with E-state index in [1.54, 1.807) is 0 Å². The minimum atomic E-state index is 0.305. The Morgan fingerprint density at radius 2 is 2.04 bits per heavy atom. The Bertz CT molecular complexity index is 583. The van der Waals surface area contributed by atoms with E-state index >= 15 is 0 Å². The van der Waals surface area contributed by atoms with E-state index in [4.69, 9.17) is 4.74 Å². The molecule has 3 heterocycles. The lowest BCUT2D eigenvalue weighted by molar-refractivity contribution is -0.126. The summed E-state index contributed by atoms with van der Waals surface area (Å²) in [7, 11) is 2.25. The highest BCUT2D eigenvalue weighted by Crippen LogP contribution is 2.36. The van der Waals surface area contributed by atoms with Gasteiger partial charge >= 0.3 is 0 Å². The molecule has 2 saturated heterocycles. The Hall–Kier alpha value is -1.35. The SMILES string of the molecule is CN1C2CCCC1CC(C(=O)CCc1ccc3c(c1)CCO3)C2. The lowest BCUT2D eigenvalue weighted by Crippen LogP contribution is -2.51. The Kier molecular flexibility index (Phi) is 4.14. The Morgan fingerprint density at radius 1 is 1.26 bits per heavy atom. The van der Waals surface area contributed by atoms with E-state index in [2.05, 4.69) is 30.1 Å². The molecule has 0 saturated carbocycles. The summed E-state index contributed by atoms with van der Waals surface area (Å²) in [4.78, 5) is 15.2. The van der Waals surface area contributed by atoms with Gasteiger partial charge < -0.3 is 9.64 Å². The van der Waals surface area contributed by atoms with Crippen LogP contribution in [-0.2, 0) is 17.6 Å². The van der Waals surface area contributed by atoms with Crippen molar-refractivity contribution in [3.63, 3.8) is 0 Å². The predicted molar refractivity (Wildman–Crippen MR) is 90.9 cm³/mol. The highest BCUT2D eigenvalue weighted by molar-refractivity contribution is 5.81. The van der Waals surface area contributed by atoms with E-state index in [0.717, 1.165) is 38.0 Å². The molecule has 3 heteroatoms. The summed E-state index contributed by atoms with van der Waals surface area (Å²) in [6.07, 6.45) is 8.67. The zero-order chi connectivity index (χ0) is 15.8. The van der Waals surface area contributed by atoms with Gasteiger partial charge in [-0.15, -0.1) is 0 Å². The van der Waals surface area contributed by atoms with E-state index in [0.29, 0.717) is 30.2 Å². The molecule has 23 heavy (non-hydrogen) atoms. The highest BCUT2D eigenvalue weighted by atomic mass is 16.5. The maximum absolute atomic E-state index is 12.7. The number of hydrogen-bond acceptors (Lipinski definition) is 3. The van der Waals surface area contributed by atoms with E-state index in [1.165, 1.54) is 30.4 Å². The minimum absolute atomic E-state index is 0.305. The third kappa shape index (κ3) is 3.03. The third-order valence-electron chi connectivity index (χ3n) is 6.21. The maximum atomic E-state index is 12.7. The molecule has 0 aromatic heterocycles. The number of aryl methyl sites for hydroxylation is 1. The standard InChI is InChI=1S/C20H27NO2/c1-21-17-3-2-4-18(21)13-16(12-17)19(22)7-5-14-6-8-20-15(11-14)9-10-23-20/h6,8,11,16-18H,2-5,7,9-10,12-13H2,1H3. The van der Waals surface area contributed by atoms with Crippen LogP contribution in [0.3, 0.4) is 0 Å². The van der Waals surface area contributed by atoms with Crippen molar-refractivity contribution in [2.24, 2.45) is 5.92 Å². The highest BCUT2D eigenvalue weighted by Gasteiger charge is 2.38. The van der Waals surface area contributed by atoms with E-state index in [9.17, 15) is 4.79 Å². The van der Waals surface area contributed by atoms with Gasteiger partial charge in [0.15, 0.2) is 0 Å². The molecule has 1 aromatic carbocycles. The molecule has 4 rings (SSSR count). The molecule has 0 radical (unpaired) electrons. The summed E-state index contributed by atoms with van der Waals surface area (Å²) in [5, 5.41) is 0. The zero-order valence-corrected chi connectivity index (χ0v) is 14.1. The van der Waals surface area contributed by atoms with Gasteiger partial charge in [0.25, 0.3) is 0 Å². The van der Waals surface area contributed by atoms with Crippen molar-refractivity contribution in [1.29, 1.82) is 0 Å². The Labute approximate surface area is 139 Å². The first kappa shape index (κ1) is 15.2. The largest absolute Gasteiger partial charge is 0.493 e. The Balaban J connectivity index is 1.35. The number of benzene rings is 1. The molecule has 0 N–H and O–H groups in total. The topological polar surface area (TPSA) is 29.5 Å². The van der Waals surface area contributed by atoms with Crippen molar-refractivity contribution in [1.82, 2.24) is 4.90 Å². The van der Waals surface area contributed by atoms with Crippen molar-refractivity contribution >= 4 is 5.78 Å². The average molecular weight is 313 g/mol. The van der Waals surface area contributed by atoms with Crippen LogP contribution in [0.1, 0.15) is 49.7 Å². The molecule has 0 spiro atoms. The first-order valence-corrected chi connectivity index (χ1v) is 9.20. The van der Waals surface area contributed by atoms with Gasteiger partial charge in [0, 0.05) is 30.8 Å². The number of carbonyl (C=O) groups is 1. The average Bonchev–Trinajstić information content (AvgIpc) is 3.00. The molecule has 124 valence electrons. The monoisotopic (exact) mass is 313 g/mol. The number of ketones is 1. The van der Waals surface area contributed by atoms with Crippen LogP contribution in [0.5, 0.6) is 5.75 Å².